The van der Waals surface area contributed by atoms with Crippen LogP contribution in [0.2, 0.25) is 0 Å². The largest absolute Gasteiger partial charge is 0.490 e. The lowest BCUT2D eigenvalue weighted by Gasteiger charge is -2.14. The molecule has 1 rings (SSSR count). The van der Waals surface area contributed by atoms with Crippen molar-refractivity contribution in [2.75, 3.05) is 13.2 Å². The molecule has 3 heteroatoms. The molecule has 0 aliphatic rings. The van der Waals surface area contributed by atoms with Crippen molar-refractivity contribution in [1.29, 1.82) is 0 Å². The highest BCUT2D eigenvalue weighted by Crippen LogP contribution is 2.29. The minimum Gasteiger partial charge on any atom is -0.490 e. The van der Waals surface area contributed by atoms with Crippen LogP contribution in [0.3, 0.4) is 0 Å². The topological polar surface area (TPSA) is 44.5 Å². The molecular weight excluding hydrogens is 238 g/mol. The zero-order chi connectivity index (χ0) is 14.1. The molecular formula is C16H25NO2. The molecule has 19 heavy (non-hydrogen) atoms. The predicted octanol–water partition coefficient (Wildman–Crippen LogP) is 3.32. The Kier molecular flexibility index (Phi) is 7.04. The molecule has 0 spiro atoms. The molecule has 0 fully saturated rings. The molecule has 0 aliphatic heterocycles. The SMILES string of the molecule is C=CCCOc1ccc(CC(N)CC)cc1OCC. The third-order valence-corrected chi connectivity index (χ3v) is 2.91. The third-order valence-electron chi connectivity index (χ3n) is 2.91. The summed E-state index contributed by atoms with van der Waals surface area (Å²) in [6, 6.07) is 6.25. The maximum Gasteiger partial charge on any atom is 0.161 e. The molecule has 0 saturated carbocycles. The number of hydrogen-bond acceptors (Lipinski definition) is 3. The maximum absolute atomic E-state index is 5.98. The molecule has 0 radical (unpaired) electrons. The van der Waals surface area contributed by atoms with Crippen LogP contribution in [0.25, 0.3) is 0 Å². The van der Waals surface area contributed by atoms with Gasteiger partial charge in [0.25, 0.3) is 0 Å². The second kappa shape index (κ2) is 8.59. The van der Waals surface area contributed by atoms with Crippen LogP contribution >= 0.6 is 0 Å². The van der Waals surface area contributed by atoms with E-state index in [-0.39, 0.29) is 6.04 Å². The fraction of sp³-hybridized carbons (Fsp3) is 0.500. The Bertz CT molecular complexity index is 390. The first-order valence-electron chi connectivity index (χ1n) is 6.96. The van der Waals surface area contributed by atoms with Gasteiger partial charge in [-0.15, -0.1) is 6.58 Å². The average molecular weight is 263 g/mol. The van der Waals surface area contributed by atoms with Crippen molar-refractivity contribution in [1.82, 2.24) is 0 Å². The zero-order valence-electron chi connectivity index (χ0n) is 12.0. The van der Waals surface area contributed by atoms with Crippen LogP contribution in [-0.4, -0.2) is 19.3 Å². The second-order valence-corrected chi connectivity index (χ2v) is 4.51. The molecule has 3 nitrogen and oxygen atoms in total. The van der Waals surface area contributed by atoms with Gasteiger partial charge in [0.2, 0.25) is 0 Å². The molecule has 0 saturated heterocycles. The Morgan fingerprint density at radius 2 is 2.05 bits per heavy atom. The summed E-state index contributed by atoms with van der Waals surface area (Å²) in [6.07, 6.45) is 4.51. The van der Waals surface area contributed by atoms with E-state index in [1.54, 1.807) is 0 Å². The summed E-state index contributed by atoms with van der Waals surface area (Å²) in [5.74, 6) is 1.59. The molecule has 1 unspecified atom stereocenters. The molecule has 0 amide bonds. The molecule has 106 valence electrons. The molecule has 1 aromatic rings. The zero-order valence-corrected chi connectivity index (χ0v) is 12.0. The Hall–Kier alpha value is -1.48. The standard InChI is InChI=1S/C16H25NO2/c1-4-7-10-19-15-9-8-13(11-14(17)5-2)12-16(15)18-6-3/h4,8-9,12,14H,1,5-7,10-11,17H2,2-3H3. The van der Waals surface area contributed by atoms with Gasteiger partial charge in [-0.3, -0.25) is 0 Å². The van der Waals surface area contributed by atoms with Crippen LogP contribution in [-0.2, 0) is 6.42 Å². The van der Waals surface area contributed by atoms with Gasteiger partial charge in [-0.25, -0.2) is 0 Å². The summed E-state index contributed by atoms with van der Waals surface area (Å²) in [6.45, 7) is 9.00. The van der Waals surface area contributed by atoms with Crippen LogP contribution in [0.15, 0.2) is 30.9 Å². The van der Waals surface area contributed by atoms with Gasteiger partial charge < -0.3 is 15.2 Å². The van der Waals surface area contributed by atoms with E-state index in [0.717, 1.165) is 30.8 Å². The van der Waals surface area contributed by atoms with Crippen molar-refractivity contribution < 1.29 is 9.47 Å². The van der Waals surface area contributed by atoms with E-state index in [2.05, 4.69) is 19.6 Å². The maximum atomic E-state index is 5.98. The van der Waals surface area contributed by atoms with Gasteiger partial charge in [0.05, 0.1) is 13.2 Å². The van der Waals surface area contributed by atoms with E-state index in [0.29, 0.717) is 13.2 Å². The Morgan fingerprint density at radius 1 is 1.26 bits per heavy atom. The molecule has 1 atom stereocenters. The van der Waals surface area contributed by atoms with Gasteiger partial charge in [-0.1, -0.05) is 19.1 Å². The van der Waals surface area contributed by atoms with Gasteiger partial charge >= 0.3 is 0 Å². The summed E-state index contributed by atoms with van der Waals surface area (Å²) < 4.78 is 11.3. The van der Waals surface area contributed by atoms with Gasteiger partial charge in [0.1, 0.15) is 0 Å². The summed E-state index contributed by atoms with van der Waals surface area (Å²) in [5.41, 5.74) is 7.17. The lowest BCUT2D eigenvalue weighted by Crippen LogP contribution is -2.21. The van der Waals surface area contributed by atoms with Gasteiger partial charge in [-0.05, 0) is 43.9 Å². The van der Waals surface area contributed by atoms with Crippen LogP contribution in [0, 0.1) is 0 Å². The van der Waals surface area contributed by atoms with E-state index in [4.69, 9.17) is 15.2 Å². The quantitative estimate of drug-likeness (QED) is 0.549. The van der Waals surface area contributed by atoms with Crippen LogP contribution in [0.5, 0.6) is 11.5 Å². The average Bonchev–Trinajstić information content (AvgIpc) is 2.41. The first-order chi connectivity index (χ1) is 9.21. The minimum atomic E-state index is 0.196. The number of hydrogen-bond donors (Lipinski definition) is 1. The third kappa shape index (κ3) is 5.35. The van der Waals surface area contributed by atoms with E-state index < -0.39 is 0 Å². The predicted molar refractivity (Wildman–Crippen MR) is 79.9 cm³/mol. The Morgan fingerprint density at radius 3 is 2.68 bits per heavy atom. The number of benzene rings is 1. The second-order valence-electron chi connectivity index (χ2n) is 4.51. The number of ether oxygens (including phenoxy) is 2. The molecule has 0 aromatic heterocycles. The van der Waals surface area contributed by atoms with Crippen molar-refractivity contribution in [2.45, 2.75) is 39.2 Å². The Balaban J connectivity index is 2.77. The van der Waals surface area contributed by atoms with E-state index in [1.807, 2.05) is 25.1 Å². The summed E-state index contributed by atoms with van der Waals surface area (Å²) in [4.78, 5) is 0. The van der Waals surface area contributed by atoms with Crippen molar-refractivity contribution in [3.63, 3.8) is 0 Å². The van der Waals surface area contributed by atoms with Crippen molar-refractivity contribution in [3.05, 3.63) is 36.4 Å². The lowest BCUT2D eigenvalue weighted by atomic mass is 10.0. The van der Waals surface area contributed by atoms with E-state index >= 15 is 0 Å². The van der Waals surface area contributed by atoms with E-state index in [9.17, 15) is 0 Å². The minimum absolute atomic E-state index is 0.196. The number of nitrogens with two attached hydrogens (primary N) is 1. The van der Waals surface area contributed by atoms with Crippen molar-refractivity contribution in [3.8, 4) is 11.5 Å². The van der Waals surface area contributed by atoms with E-state index in [1.165, 1.54) is 5.56 Å². The lowest BCUT2D eigenvalue weighted by molar-refractivity contribution is 0.280. The fourth-order valence-electron chi connectivity index (χ4n) is 1.77. The molecule has 0 heterocycles. The highest BCUT2D eigenvalue weighted by molar-refractivity contribution is 5.43. The highest BCUT2D eigenvalue weighted by atomic mass is 16.5. The number of rotatable bonds is 9. The van der Waals surface area contributed by atoms with Crippen molar-refractivity contribution in [2.24, 2.45) is 5.73 Å². The first kappa shape index (κ1) is 15.6. The highest BCUT2D eigenvalue weighted by Gasteiger charge is 2.08. The van der Waals surface area contributed by atoms with Gasteiger partial charge in [0.15, 0.2) is 11.5 Å². The van der Waals surface area contributed by atoms with Crippen LogP contribution < -0.4 is 15.2 Å². The van der Waals surface area contributed by atoms with Crippen LogP contribution in [0.1, 0.15) is 32.3 Å². The summed E-state index contributed by atoms with van der Waals surface area (Å²) in [5, 5.41) is 0. The van der Waals surface area contributed by atoms with Gasteiger partial charge in [-0.2, -0.15) is 0 Å². The van der Waals surface area contributed by atoms with Crippen LogP contribution in [0.4, 0.5) is 0 Å². The first-order valence-corrected chi connectivity index (χ1v) is 6.96. The monoisotopic (exact) mass is 263 g/mol. The molecule has 1 aromatic carbocycles. The Labute approximate surface area is 116 Å². The van der Waals surface area contributed by atoms with Gasteiger partial charge in [0, 0.05) is 6.04 Å². The smallest absolute Gasteiger partial charge is 0.161 e. The normalized spacial score (nSPS) is 11.9. The fourth-order valence-corrected chi connectivity index (χ4v) is 1.77. The molecule has 0 aliphatic carbocycles. The van der Waals surface area contributed by atoms with Crippen molar-refractivity contribution >= 4 is 0 Å². The summed E-state index contributed by atoms with van der Waals surface area (Å²) >= 11 is 0. The molecule has 2 N–H and O–H groups in total. The summed E-state index contributed by atoms with van der Waals surface area (Å²) in [7, 11) is 0. The molecule has 0 bridgehead atoms.